The fourth-order valence-electron chi connectivity index (χ4n) is 2.88. The van der Waals surface area contributed by atoms with Gasteiger partial charge >= 0.3 is 0 Å². The Morgan fingerprint density at radius 1 is 1.00 bits per heavy atom. The zero-order chi connectivity index (χ0) is 18.8. The van der Waals surface area contributed by atoms with E-state index in [2.05, 4.69) is 4.98 Å². The summed E-state index contributed by atoms with van der Waals surface area (Å²) in [7, 11) is 0. The number of rotatable bonds is 4. The number of nitrogens with zero attached hydrogens (tertiary/aromatic N) is 2. The van der Waals surface area contributed by atoms with Crippen molar-refractivity contribution in [3.63, 3.8) is 0 Å². The molecule has 0 atom stereocenters. The van der Waals surface area contributed by atoms with Crippen molar-refractivity contribution in [3.8, 4) is 11.4 Å². The van der Waals surface area contributed by atoms with E-state index in [4.69, 9.17) is 16.3 Å². The first kappa shape index (κ1) is 17.3. The minimum Gasteiger partial charge on any atom is -0.489 e. The van der Waals surface area contributed by atoms with Gasteiger partial charge in [-0.3, -0.25) is 14.3 Å². The topological polar surface area (TPSA) is 44.1 Å². The predicted molar refractivity (Wildman–Crippen MR) is 108 cm³/mol. The standard InChI is InChI=1S/C22H17ClN2O2/c1-15-2-5-17-12-19(8-9-21(17)24-15)25-11-10-20(13-22(25)26)27-14-16-3-6-18(23)7-4-16/h2-13H,14H2,1H3. The molecular weight excluding hydrogens is 360 g/mol. The molecule has 0 radical (unpaired) electrons. The van der Waals surface area contributed by atoms with Gasteiger partial charge in [0.2, 0.25) is 0 Å². The molecule has 0 unspecified atom stereocenters. The van der Waals surface area contributed by atoms with Crippen LogP contribution in [0.5, 0.6) is 5.75 Å². The summed E-state index contributed by atoms with van der Waals surface area (Å²) in [5, 5.41) is 1.68. The molecule has 0 amide bonds. The molecule has 0 fully saturated rings. The molecule has 0 aliphatic carbocycles. The van der Waals surface area contributed by atoms with E-state index < -0.39 is 0 Å². The SMILES string of the molecule is Cc1ccc2cc(-n3ccc(OCc4ccc(Cl)cc4)cc3=O)ccc2n1. The summed E-state index contributed by atoms with van der Waals surface area (Å²) in [4.78, 5) is 17.0. The van der Waals surface area contributed by atoms with E-state index in [0.717, 1.165) is 27.8 Å². The maximum absolute atomic E-state index is 12.5. The second kappa shape index (κ2) is 7.25. The molecule has 4 aromatic rings. The number of hydrogen-bond donors (Lipinski definition) is 0. The predicted octanol–water partition coefficient (Wildman–Crippen LogP) is 4.93. The Balaban J connectivity index is 1.57. The number of hydrogen-bond acceptors (Lipinski definition) is 3. The molecular formula is C22H17ClN2O2. The van der Waals surface area contributed by atoms with Crippen LogP contribution in [0.15, 0.2) is 77.7 Å². The monoisotopic (exact) mass is 376 g/mol. The third-order valence-corrected chi connectivity index (χ3v) is 4.55. The molecule has 134 valence electrons. The van der Waals surface area contributed by atoms with E-state index in [1.807, 2.05) is 61.5 Å². The highest BCUT2D eigenvalue weighted by molar-refractivity contribution is 6.30. The van der Waals surface area contributed by atoms with Crippen LogP contribution in [0.3, 0.4) is 0 Å². The molecule has 0 aliphatic heterocycles. The first-order chi connectivity index (χ1) is 13.1. The van der Waals surface area contributed by atoms with Crippen LogP contribution in [0.4, 0.5) is 0 Å². The Labute approximate surface area is 161 Å². The fourth-order valence-corrected chi connectivity index (χ4v) is 3.00. The molecule has 0 aliphatic rings. The van der Waals surface area contributed by atoms with Crippen molar-refractivity contribution in [1.29, 1.82) is 0 Å². The summed E-state index contributed by atoms with van der Waals surface area (Å²) in [6.07, 6.45) is 1.72. The third kappa shape index (κ3) is 3.86. The molecule has 4 nitrogen and oxygen atoms in total. The van der Waals surface area contributed by atoms with Gasteiger partial charge in [-0.25, -0.2) is 0 Å². The molecule has 27 heavy (non-hydrogen) atoms. The van der Waals surface area contributed by atoms with Crippen molar-refractivity contribution in [2.24, 2.45) is 0 Å². The number of ether oxygens (including phenoxy) is 1. The third-order valence-electron chi connectivity index (χ3n) is 4.30. The van der Waals surface area contributed by atoms with Crippen LogP contribution in [0.1, 0.15) is 11.3 Å². The van der Waals surface area contributed by atoms with Crippen LogP contribution >= 0.6 is 11.6 Å². The highest BCUT2D eigenvalue weighted by atomic mass is 35.5. The smallest absolute Gasteiger partial charge is 0.258 e. The van der Waals surface area contributed by atoms with Gasteiger partial charge in [0.1, 0.15) is 12.4 Å². The first-order valence-electron chi connectivity index (χ1n) is 8.56. The Morgan fingerprint density at radius 3 is 2.59 bits per heavy atom. The second-order valence-electron chi connectivity index (χ2n) is 6.32. The lowest BCUT2D eigenvalue weighted by Gasteiger charge is -2.10. The minimum absolute atomic E-state index is 0.150. The first-order valence-corrected chi connectivity index (χ1v) is 8.94. The van der Waals surface area contributed by atoms with Gasteiger partial charge in [0, 0.05) is 34.1 Å². The molecule has 5 heteroatoms. The average Bonchev–Trinajstić information content (AvgIpc) is 2.67. The maximum Gasteiger partial charge on any atom is 0.258 e. The Morgan fingerprint density at radius 2 is 1.81 bits per heavy atom. The Hall–Kier alpha value is -3.11. The zero-order valence-electron chi connectivity index (χ0n) is 14.7. The van der Waals surface area contributed by atoms with E-state index in [1.165, 1.54) is 6.07 Å². The Kier molecular flexibility index (Phi) is 4.65. The molecule has 2 heterocycles. The van der Waals surface area contributed by atoms with Crippen LogP contribution in [0.25, 0.3) is 16.6 Å². The largest absolute Gasteiger partial charge is 0.489 e. The number of benzene rings is 2. The minimum atomic E-state index is -0.150. The maximum atomic E-state index is 12.5. The van der Waals surface area contributed by atoms with Gasteiger partial charge in [-0.15, -0.1) is 0 Å². The van der Waals surface area contributed by atoms with Crippen molar-refractivity contribution < 1.29 is 4.74 Å². The molecule has 0 saturated carbocycles. The van der Waals surface area contributed by atoms with E-state index in [1.54, 1.807) is 16.8 Å². The summed E-state index contributed by atoms with van der Waals surface area (Å²) in [6.45, 7) is 2.34. The summed E-state index contributed by atoms with van der Waals surface area (Å²) < 4.78 is 7.31. The van der Waals surface area contributed by atoms with Crippen molar-refractivity contribution >= 4 is 22.5 Å². The number of aromatic nitrogens is 2. The van der Waals surface area contributed by atoms with Crippen molar-refractivity contribution in [1.82, 2.24) is 9.55 Å². The molecule has 0 saturated heterocycles. The molecule has 0 N–H and O–H groups in total. The zero-order valence-corrected chi connectivity index (χ0v) is 15.5. The Bertz CT molecular complexity index is 1170. The number of aryl methyl sites for hydroxylation is 1. The van der Waals surface area contributed by atoms with Gasteiger partial charge in [0.25, 0.3) is 5.56 Å². The van der Waals surface area contributed by atoms with Crippen molar-refractivity contribution in [2.75, 3.05) is 0 Å². The quantitative estimate of drug-likeness (QED) is 0.507. The van der Waals surface area contributed by atoms with Gasteiger partial charge in [-0.05, 0) is 55.0 Å². The van der Waals surface area contributed by atoms with Crippen molar-refractivity contribution in [3.05, 3.63) is 99.6 Å². The van der Waals surface area contributed by atoms with Crippen LogP contribution in [-0.4, -0.2) is 9.55 Å². The summed E-state index contributed by atoms with van der Waals surface area (Å²) in [5.74, 6) is 0.532. The molecule has 4 rings (SSSR count). The average molecular weight is 377 g/mol. The van der Waals surface area contributed by atoms with Crippen molar-refractivity contribution in [2.45, 2.75) is 13.5 Å². The van der Waals surface area contributed by atoms with Crippen LogP contribution in [0.2, 0.25) is 5.02 Å². The van der Waals surface area contributed by atoms with E-state index in [-0.39, 0.29) is 5.56 Å². The van der Waals surface area contributed by atoms with Gasteiger partial charge in [-0.2, -0.15) is 0 Å². The number of fused-ring (bicyclic) bond motifs is 1. The van der Waals surface area contributed by atoms with Gasteiger partial charge in [0.05, 0.1) is 5.52 Å². The van der Waals surface area contributed by atoms with Gasteiger partial charge < -0.3 is 4.74 Å². The summed E-state index contributed by atoms with van der Waals surface area (Å²) >= 11 is 5.88. The normalized spacial score (nSPS) is 10.9. The van der Waals surface area contributed by atoms with Crippen LogP contribution < -0.4 is 10.3 Å². The second-order valence-corrected chi connectivity index (χ2v) is 6.75. The van der Waals surface area contributed by atoms with Gasteiger partial charge in [0.15, 0.2) is 0 Å². The number of pyridine rings is 2. The van der Waals surface area contributed by atoms with E-state index in [9.17, 15) is 4.79 Å². The lowest BCUT2D eigenvalue weighted by Crippen LogP contribution is -2.16. The lowest BCUT2D eigenvalue weighted by atomic mass is 10.2. The highest BCUT2D eigenvalue weighted by Crippen LogP contribution is 2.18. The van der Waals surface area contributed by atoms with Gasteiger partial charge in [-0.1, -0.05) is 29.8 Å². The number of halogens is 1. The highest BCUT2D eigenvalue weighted by Gasteiger charge is 2.05. The summed E-state index contributed by atoms with van der Waals surface area (Å²) in [6, 6.07) is 20.4. The molecule has 2 aromatic carbocycles. The van der Waals surface area contributed by atoms with Crippen LogP contribution in [0, 0.1) is 6.92 Å². The molecule has 0 bridgehead atoms. The van der Waals surface area contributed by atoms with E-state index >= 15 is 0 Å². The van der Waals surface area contributed by atoms with Crippen LogP contribution in [-0.2, 0) is 6.61 Å². The molecule has 0 spiro atoms. The fraction of sp³-hybridized carbons (Fsp3) is 0.0909. The molecule has 2 aromatic heterocycles. The summed E-state index contributed by atoms with van der Waals surface area (Å²) in [5.41, 5.74) is 3.51. The lowest BCUT2D eigenvalue weighted by molar-refractivity contribution is 0.305. The van der Waals surface area contributed by atoms with E-state index in [0.29, 0.717) is 17.4 Å².